The number of para-hydroxylation sites is 1. The number of carbonyl (C=O) groups is 3. The van der Waals surface area contributed by atoms with Crippen LogP contribution in [0.15, 0.2) is 72.8 Å². The Hall–Kier alpha value is -4.79. The van der Waals surface area contributed by atoms with Gasteiger partial charge in [-0.3, -0.25) is 24.5 Å². The molecule has 2 saturated heterocycles. The number of non-ortho nitro benzene ring substituents is 1. The van der Waals surface area contributed by atoms with Crippen LogP contribution in [-0.4, -0.2) is 41.7 Å². The average molecular weight is 510 g/mol. The zero-order chi connectivity index (χ0) is 26.7. The van der Waals surface area contributed by atoms with Crippen LogP contribution in [0.25, 0.3) is 6.08 Å². The van der Waals surface area contributed by atoms with Crippen LogP contribution in [0.4, 0.5) is 17.1 Å². The molecule has 2 amide bonds. The van der Waals surface area contributed by atoms with Gasteiger partial charge in [-0.15, -0.1) is 0 Å². The van der Waals surface area contributed by atoms with Gasteiger partial charge in [0.1, 0.15) is 11.8 Å². The number of benzene rings is 3. The van der Waals surface area contributed by atoms with Crippen molar-refractivity contribution in [2.45, 2.75) is 19.0 Å². The van der Waals surface area contributed by atoms with Gasteiger partial charge >= 0.3 is 0 Å². The van der Waals surface area contributed by atoms with Crippen LogP contribution >= 0.6 is 0 Å². The molecule has 0 bridgehead atoms. The molecule has 0 spiro atoms. The second-order valence-electron chi connectivity index (χ2n) is 9.64. The number of hydrogen-bond donors (Lipinski definition) is 0. The molecule has 3 aliphatic heterocycles. The van der Waals surface area contributed by atoms with E-state index in [1.807, 2.05) is 41.3 Å². The number of imide groups is 1. The highest BCUT2D eigenvalue weighted by molar-refractivity contribution is 6.26. The van der Waals surface area contributed by atoms with Crippen LogP contribution in [0, 0.1) is 28.9 Å². The number of fused-ring (bicyclic) bond motifs is 5. The van der Waals surface area contributed by atoms with Crippen molar-refractivity contribution in [2.24, 2.45) is 11.8 Å². The molecule has 9 nitrogen and oxygen atoms in total. The van der Waals surface area contributed by atoms with E-state index in [1.165, 1.54) is 25.3 Å². The molecule has 0 aromatic heterocycles. The number of rotatable bonds is 5. The average Bonchev–Trinajstić information content (AvgIpc) is 3.41. The van der Waals surface area contributed by atoms with Gasteiger partial charge in [-0.25, -0.2) is 4.90 Å². The van der Waals surface area contributed by atoms with E-state index in [-0.39, 0.29) is 17.2 Å². The Morgan fingerprint density at radius 1 is 0.947 bits per heavy atom. The summed E-state index contributed by atoms with van der Waals surface area (Å²) in [5.74, 6) is -2.47. The van der Waals surface area contributed by atoms with Gasteiger partial charge < -0.3 is 9.64 Å². The number of amides is 2. The first-order valence-corrected chi connectivity index (χ1v) is 12.2. The lowest BCUT2D eigenvalue weighted by Crippen LogP contribution is -2.49. The minimum Gasteiger partial charge on any atom is -0.497 e. The molecule has 2 fully saturated rings. The predicted molar refractivity (Wildman–Crippen MR) is 140 cm³/mol. The standard InChI is InChI=1S/C29H23N3O6/c1-16-7-11-19(32(36)37)15-23(16)31-28(34)24-22-14-10-17-5-3-4-6-21(17)30(22)26(25(24)29(31)35)27(33)18-8-12-20(38-2)13-9-18/h3-15,22,24-26H,1-2H3/t22-,24-,25-,26+/m0/s1. The van der Waals surface area contributed by atoms with E-state index in [0.29, 0.717) is 16.9 Å². The van der Waals surface area contributed by atoms with E-state index >= 15 is 0 Å². The van der Waals surface area contributed by atoms with Crippen molar-refractivity contribution < 1.29 is 24.0 Å². The zero-order valence-electron chi connectivity index (χ0n) is 20.6. The number of carbonyl (C=O) groups excluding carboxylic acids is 3. The van der Waals surface area contributed by atoms with Gasteiger partial charge in [-0.1, -0.05) is 36.4 Å². The maximum absolute atomic E-state index is 14.1. The van der Waals surface area contributed by atoms with Crippen LogP contribution in [-0.2, 0) is 9.59 Å². The fourth-order valence-corrected chi connectivity index (χ4v) is 5.93. The number of nitro benzene ring substituents is 1. The molecule has 0 radical (unpaired) electrons. The molecular weight excluding hydrogens is 486 g/mol. The van der Waals surface area contributed by atoms with Crippen molar-refractivity contribution in [3.63, 3.8) is 0 Å². The highest BCUT2D eigenvalue weighted by Gasteiger charge is 2.64. The van der Waals surface area contributed by atoms with Crippen LogP contribution in [0.5, 0.6) is 5.75 Å². The lowest BCUT2D eigenvalue weighted by molar-refractivity contribution is -0.384. The van der Waals surface area contributed by atoms with Crippen LogP contribution in [0.2, 0.25) is 0 Å². The summed E-state index contributed by atoms with van der Waals surface area (Å²) in [6, 6.07) is 16.9. The molecule has 6 rings (SSSR count). The maximum atomic E-state index is 14.1. The van der Waals surface area contributed by atoms with Crippen molar-refractivity contribution >= 4 is 40.7 Å². The van der Waals surface area contributed by atoms with Gasteiger partial charge in [0.25, 0.3) is 5.69 Å². The van der Waals surface area contributed by atoms with Crippen molar-refractivity contribution in [1.29, 1.82) is 0 Å². The lowest BCUT2D eigenvalue weighted by Gasteiger charge is -2.36. The van der Waals surface area contributed by atoms with E-state index in [1.54, 1.807) is 31.2 Å². The van der Waals surface area contributed by atoms with Crippen molar-refractivity contribution in [3.05, 3.63) is 99.6 Å². The minimum absolute atomic E-state index is 0.172. The first-order chi connectivity index (χ1) is 18.3. The molecule has 0 N–H and O–H groups in total. The fraction of sp³-hybridized carbons (Fsp3) is 0.207. The number of anilines is 2. The third kappa shape index (κ3) is 3.35. The summed E-state index contributed by atoms with van der Waals surface area (Å²) in [5, 5.41) is 11.4. The quantitative estimate of drug-likeness (QED) is 0.220. The largest absolute Gasteiger partial charge is 0.497 e. The molecule has 3 aliphatic rings. The molecule has 3 aromatic rings. The molecule has 0 unspecified atom stereocenters. The van der Waals surface area contributed by atoms with Gasteiger partial charge in [0.15, 0.2) is 5.78 Å². The van der Waals surface area contributed by atoms with Crippen LogP contribution < -0.4 is 14.5 Å². The number of nitro groups is 1. The predicted octanol–water partition coefficient (Wildman–Crippen LogP) is 4.18. The number of hydrogen-bond acceptors (Lipinski definition) is 7. The zero-order valence-corrected chi connectivity index (χ0v) is 20.6. The Bertz CT molecular complexity index is 1550. The second-order valence-corrected chi connectivity index (χ2v) is 9.64. The molecular formula is C29H23N3O6. The molecule has 0 aliphatic carbocycles. The first-order valence-electron chi connectivity index (χ1n) is 12.2. The Kier molecular flexibility index (Phi) is 5.37. The smallest absolute Gasteiger partial charge is 0.271 e. The monoisotopic (exact) mass is 509 g/mol. The number of ketones is 1. The molecule has 3 heterocycles. The minimum atomic E-state index is -0.962. The second kappa shape index (κ2) is 8.65. The topological polar surface area (TPSA) is 110 Å². The summed E-state index contributed by atoms with van der Waals surface area (Å²) >= 11 is 0. The molecule has 4 atom stereocenters. The van der Waals surface area contributed by atoms with E-state index < -0.39 is 40.7 Å². The SMILES string of the molecule is COc1ccc(C(=O)[C@H]2[C@H]3C(=O)N(c4cc([N+](=O)[O-])ccc4C)C(=O)[C@H]3[C@@H]3C=Cc4ccccc4N32)cc1. The van der Waals surface area contributed by atoms with Gasteiger partial charge in [0, 0.05) is 23.4 Å². The fourth-order valence-electron chi connectivity index (χ4n) is 5.93. The first kappa shape index (κ1) is 23.6. The van der Waals surface area contributed by atoms with Gasteiger partial charge in [-0.2, -0.15) is 0 Å². The summed E-state index contributed by atoms with van der Waals surface area (Å²) in [7, 11) is 1.54. The number of nitrogens with zero attached hydrogens (tertiary/aromatic N) is 3. The van der Waals surface area contributed by atoms with E-state index in [0.717, 1.165) is 16.2 Å². The van der Waals surface area contributed by atoms with Crippen LogP contribution in [0.1, 0.15) is 21.5 Å². The third-order valence-electron chi connectivity index (χ3n) is 7.70. The van der Waals surface area contributed by atoms with Crippen LogP contribution in [0.3, 0.4) is 0 Å². The number of aryl methyl sites for hydroxylation is 1. The molecule has 38 heavy (non-hydrogen) atoms. The van der Waals surface area contributed by atoms with E-state index in [2.05, 4.69) is 0 Å². The number of methoxy groups -OCH3 is 1. The molecule has 0 saturated carbocycles. The Labute approximate surface area is 218 Å². The number of Topliss-reactive ketones (excluding diaryl/α,β-unsaturated/α-hetero) is 1. The maximum Gasteiger partial charge on any atom is 0.271 e. The van der Waals surface area contributed by atoms with Crippen molar-refractivity contribution in [2.75, 3.05) is 16.9 Å². The normalized spacial score (nSPS) is 23.2. The van der Waals surface area contributed by atoms with E-state index in [4.69, 9.17) is 4.74 Å². The van der Waals surface area contributed by atoms with Crippen molar-refractivity contribution in [3.8, 4) is 5.75 Å². The summed E-state index contributed by atoms with van der Waals surface area (Å²) in [4.78, 5) is 55.9. The summed E-state index contributed by atoms with van der Waals surface area (Å²) in [6.07, 6.45) is 3.78. The van der Waals surface area contributed by atoms with E-state index in [9.17, 15) is 24.5 Å². The lowest BCUT2D eigenvalue weighted by atomic mass is 9.86. The summed E-state index contributed by atoms with van der Waals surface area (Å²) < 4.78 is 5.22. The van der Waals surface area contributed by atoms with Gasteiger partial charge in [-0.05, 0) is 48.4 Å². The van der Waals surface area contributed by atoms with Crippen molar-refractivity contribution in [1.82, 2.24) is 0 Å². The van der Waals surface area contributed by atoms with Gasteiger partial charge in [0.05, 0.1) is 35.6 Å². The molecule has 3 aromatic carbocycles. The summed E-state index contributed by atoms with van der Waals surface area (Å²) in [6.45, 7) is 1.69. The Balaban J connectivity index is 1.49. The Morgan fingerprint density at radius 3 is 2.37 bits per heavy atom. The number of ether oxygens (including phenoxy) is 1. The molecule has 9 heteroatoms. The molecule has 190 valence electrons. The highest BCUT2D eigenvalue weighted by Crippen LogP contribution is 2.50. The summed E-state index contributed by atoms with van der Waals surface area (Å²) in [5.41, 5.74) is 2.57. The highest BCUT2D eigenvalue weighted by atomic mass is 16.6. The third-order valence-corrected chi connectivity index (χ3v) is 7.70. The Morgan fingerprint density at radius 2 is 1.66 bits per heavy atom. The van der Waals surface area contributed by atoms with Gasteiger partial charge in [0.2, 0.25) is 11.8 Å².